The van der Waals surface area contributed by atoms with E-state index < -0.39 is 0 Å². The summed E-state index contributed by atoms with van der Waals surface area (Å²) in [6, 6.07) is 17.6. The molecule has 0 amide bonds. The summed E-state index contributed by atoms with van der Waals surface area (Å²) in [7, 11) is 0. The van der Waals surface area contributed by atoms with Gasteiger partial charge in [-0.05, 0) is 56.5 Å². The van der Waals surface area contributed by atoms with Crippen LogP contribution >= 0.6 is 0 Å². The second-order valence-electron chi connectivity index (χ2n) is 5.93. The average molecular weight is 283 g/mol. The van der Waals surface area contributed by atoms with Gasteiger partial charge in [0.2, 0.25) is 0 Å². The van der Waals surface area contributed by atoms with Crippen molar-refractivity contribution in [1.29, 1.82) is 0 Å². The number of benzene rings is 2. The molecule has 112 valence electrons. The van der Waals surface area contributed by atoms with Crippen LogP contribution in [0.4, 0.5) is 5.69 Å². The Hall–Kier alpha value is -1.80. The lowest BCUT2D eigenvalue weighted by atomic mass is 10.0. The van der Waals surface area contributed by atoms with Crippen LogP contribution in [0, 0.1) is 0 Å². The summed E-state index contributed by atoms with van der Waals surface area (Å²) in [5, 5.41) is 3.40. The molecule has 0 saturated heterocycles. The third kappa shape index (κ3) is 4.91. The zero-order valence-corrected chi connectivity index (χ0v) is 13.4. The van der Waals surface area contributed by atoms with E-state index >= 15 is 0 Å². The molecule has 0 heterocycles. The summed E-state index contributed by atoms with van der Waals surface area (Å²) < 4.78 is 5.62. The topological polar surface area (TPSA) is 21.3 Å². The minimum atomic E-state index is 0.269. The highest BCUT2D eigenvalue weighted by molar-refractivity contribution is 5.66. The summed E-state index contributed by atoms with van der Waals surface area (Å²) in [6.45, 7) is 9.08. The highest BCUT2D eigenvalue weighted by Crippen LogP contribution is 2.22. The van der Waals surface area contributed by atoms with Crippen LogP contribution in [0.25, 0.3) is 11.1 Å². The number of rotatable bonds is 6. The molecule has 0 aliphatic carbocycles. The van der Waals surface area contributed by atoms with E-state index in [2.05, 4.69) is 81.5 Å². The monoisotopic (exact) mass is 283 g/mol. The van der Waals surface area contributed by atoms with Crippen LogP contribution in [0.1, 0.15) is 33.3 Å². The van der Waals surface area contributed by atoms with Crippen LogP contribution in [0.3, 0.4) is 0 Å². The van der Waals surface area contributed by atoms with E-state index in [0.29, 0.717) is 12.6 Å². The molecule has 0 radical (unpaired) electrons. The Bertz CT molecular complexity index is 541. The molecule has 0 bridgehead atoms. The van der Waals surface area contributed by atoms with Crippen LogP contribution in [0.5, 0.6) is 0 Å². The first kappa shape index (κ1) is 15.6. The van der Waals surface area contributed by atoms with Crippen molar-refractivity contribution >= 4 is 5.69 Å². The molecule has 2 aromatic rings. The Labute approximate surface area is 128 Å². The molecule has 21 heavy (non-hydrogen) atoms. The Morgan fingerprint density at radius 2 is 1.33 bits per heavy atom. The van der Waals surface area contributed by atoms with Crippen LogP contribution in [-0.2, 0) is 11.3 Å². The van der Waals surface area contributed by atoms with Gasteiger partial charge in [0, 0.05) is 11.7 Å². The fourth-order valence-electron chi connectivity index (χ4n) is 2.15. The molecule has 0 aliphatic heterocycles. The van der Waals surface area contributed by atoms with Crippen molar-refractivity contribution in [2.24, 2.45) is 0 Å². The predicted octanol–water partition coefficient (Wildman–Crippen LogP) is 5.10. The molecule has 2 nitrogen and oxygen atoms in total. The molecule has 2 aromatic carbocycles. The zero-order valence-electron chi connectivity index (χ0n) is 13.4. The molecule has 0 aromatic heterocycles. The van der Waals surface area contributed by atoms with Crippen LogP contribution in [0.15, 0.2) is 48.5 Å². The van der Waals surface area contributed by atoms with E-state index in [9.17, 15) is 0 Å². The largest absolute Gasteiger partial charge is 0.383 e. The molecule has 0 atom stereocenters. The van der Waals surface area contributed by atoms with Gasteiger partial charge in [-0.15, -0.1) is 0 Å². The molecule has 1 N–H and O–H groups in total. The zero-order chi connectivity index (χ0) is 15.2. The van der Waals surface area contributed by atoms with Crippen molar-refractivity contribution in [2.75, 3.05) is 5.32 Å². The van der Waals surface area contributed by atoms with Crippen LogP contribution in [0.2, 0.25) is 0 Å². The van der Waals surface area contributed by atoms with Crippen molar-refractivity contribution in [1.82, 2.24) is 0 Å². The maximum Gasteiger partial charge on any atom is 0.0720 e. The first-order chi connectivity index (χ1) is 10.0. The second kappa shape index (κ2) is 7.28. The maximum atomic E-state index is 5.62. The quantitative estimate of drug-likeness (QED) is 0.796. The number of nitrogens with one attached hydrogen (secondary N) is 1. The Morgan fingerprint density at radius 1 is 0.810 bits per heavy atom. The highest BCUT2D eigenvalue weighted by atomic mass is 16.5. The van der Waals surface area contributed by atoms with Gasteiger partial charge in [-0.3, -0.25) is 0 Å². The van der Waals surface area contributed by atoms with Gasteiger partial charge in [0.25, 0.3) is 0 Å². The fourth-order valence-corrected chi connectivity index (χ4v) is 2.15. The van der Waals surface area contributed by atoms with Crippen molar-refractivity contribution in [2.45, 2.75) is 46.4 Å². The standard InChI is InChI=1S/C19H25NO/c1-14(2)20-19-11-9-18(10-12-19)17-7-5-16(6-8-17)13-21-15(3)4/h5-12,14-15,20H,13H2,1-4H3. The molecule has 0 unspecified atom stereocenters. The van der Waals surface area contributed by atoms with Gasteiger partial charge in [-0.2, -0.15) is 0 Å². The van der Waals surface area contributed by atoms with E-state index in [-0.39, 0.29) is 6.10 Å². The SMILES string of the molecule is CC(C)Nc1ccc(-c2ccc(COC(C)C)cc2)cc1. The van der Waals surface area contributed by atoms with Gasteiger partial charge in [-0.25, -0.2) is 0 Å². The van der Waals surface area contributed by atoms with E-state index in [1.54, 1.807) is 0 Å². The third-order valence-electron chi connectivity index (χ3n) is 3.21. The lowest BCUT2D eigenvalue weighted by Gasteiger charge is -2.11. The lowest BCUT2D eigenvalue weighted by molar-refractivity contribution is 0.0657. The van der Waals surface area contributed by atoms with Crippen LogP contribution in [-0.4, -0.2) is 12.1 Å². The van der Waals surface area contributed by atoms with Crippen molar-refractivity contribution in [3.05, 3.63) is 54.1 Å². The molecule has 0 aliphatic rings. The highest BCUT2D eigenvalue weighted by Gasteiger charge is 2.01. The first-order valence-corrected chi connectivity index (χ1v) is 7.62. The number of hydrogen-bond acceptors (Lipinski definition) is 2. The van der Waals surface area contributed by atoms with Gasteiger partial charge in [-0.1, -0.05) is 36.4 Å². The maximum absolute atomic E-state index is 5.62. The van der Waals surface area contributed by atoms with Gasteiger partial charge in [0.15, 0.2) is 0 Å². The summed E-state index contributed by atoms with van der Waals surface area (Å²) in [4.78, 5) is 0. The molecular weight excluding hydrogens is 258 g/mol. The van der Waals surface area contributed by atoms with Gasteiger partial charge in [0.05, 0.1) is 12.7 Å². The molecule has 0 saturated carbocycles. The van der Waals surface area contributed by atoms with Crippen LogP contribution < -0.4 is 5.32 Å². The van der Waals surface area contributed by atoms with Crippen molar-refractivity contribution in [3.8, 4) is 11.1 Å². The summed E-state index contributed by atoms with van der Waals surface area (Å²) in [6.07, 6.45) is 0.269. The van der Waals surface area contributed by atoms with E-state index in [0.717, 1.165) is 5.69 Å². The minimum absolute atomic E-state index is 0.269. The van der Waals surface area contributed by atoms with Gasteiger partial charge in [0.1, 0.15) is 0 Å². The Kier molecular flexibility index (Phi) is 5.40. The van der Waals surface area contributed by atoms with E-state index in [1.165, 1.54) is 16.7 Å². The van der Waals surface area contributed by atoms with Gasteiger partial charge < -0.3 is 10.1 Å². The smallest absolute Gasteiger partial charge is 0.0720 e. The first-order valence-electron chi connectivity index (χ1n) is 7.62. The minimum Gasteiger partial charge on any atom is -0.383 e. The third-order valence-corrected chi connectivity index (χ3v) is 3.21. The Balaban J connectivity index is 2.04. The lowest BCUT2D eigenvalue weighted by Crippen LogP contribution is -2.09. The normalized spacial score (nSPS) is 11.1. The van der Waals surface area contributed by atoms with Crippen molar-refractivity contribution < 1.29 is 4.74 Å². The van der Waals surface area contributed by atoms with E-state index in [4.69, 9.17) is 4.74 Å². The summed E-state index contributed by atoms with van der Waals surface area (Å²) >= 11 is 0. The van der Waals surface area contributed by atoms with E-state index in [1.807, 2.05) is 0 Å². The molecule has 0 fully saturated rings. The van der Waals surface area contributed by atoms with Crippen molar-refractivity contribution in [3.63, 3.8) is 0 Å². The summed E-state index contributed by atoms with van der Waals surface area (Å²) in [5.74, 6) is 0. The summed E-state index contributed by atoms with van der Waals surface area (Å²) in [5.41, 5.74) is 4.85. The van der Waals surface area contributed by atoms with Gasteiger partial charge >= 0.3 is 0 Å². The average Bonchev–Trinajstić information content (AvgIpc) is 2.46. The fraction of sp³-hybridized carbons (Fsp3) is 0.368. The molecular formula is C19H25NO. The number of hydrogen-bond donors (Lipinski definition) is 1. The second-order valence-corrected chi connectivity index (χ2v) is 5.93. The predicted molar refractivity (Wildman–Crippen MR) is 90.6 cm³/mol. The molecule has 2 heteroatoms. The number of anilines is 1. The molecule has 0 spiro atoms. The number of ether oxygens (including phenoxy) is 1. The molecule has 2 rings (SSSR count). The Morgan fingerprint density at radius 3 is 1.81 bits per heavy atom.